The molecule has 0 spiro atoms. The van der Waals surface area contributed by atoms with Crippen LogP contribution in [0.2, 0.25) is 0 Å². The lowest BCUT2D eigenvalue weighted by Gasteiger charge is -2.27. The number of hydrogen-bond acceptors (Lipinski definition) is 9. The molecule has 0 bridgehead atoms. The van der Waals surface area contributed by atoms with Crippen molar-refractivity contribution in [2.45, 2.75) is 25.2 Å². The molecule has 234 valence electrons. The molecule has 0 saturated heterocycles. The Labute approximate surface area is 266 Å². The molecule has 0 saturated carbocycles. The number of Topliss-reactive ketones (excluding diaryl/α,β-unsaturated/α-hetero) is 1. The minimum atomic E-state index is -0.456. The third kappa shape index (κ3) is 5.17. The lowest BCUT2D eigenvalue weighted by atomic mass is 9.84. The van der Waals surface area contributed by atoms with E-state index < -0.39 is 5.92 Å². The zero-order valence-electron chi connectivity index (χ0n) is 25.7. The van der Waals surface area contributed by atoms with Gasteiger partial charge in [-0.05, 0) is 53.6 Å². The molecule has 0 N–H and O–H groups in total. The Hall–Kier alpha value is -5.44. The van der Waals surface area contributed by atoms with Crippen LogP contribution in [0.25, 0.3) is 6.08 Å². The largest absolute Gasteiger partial charge is 0.493 e. The first-order chi connectivity index (χ1) is 22.5. The summed E-state index contributed by atoms with van der Waals surface area (Å²) in [6.45, 7) is 1.16. The quantitative estimate of drug-likeness (QED) is 0.121. The second-order valence-electron chi connectivity index (χ2n) is 11.1. The second kappa shape index (κ2) is 12.2. The molecule has 4 aromatic rings. The molecule has 0 fully saturated rings. The predicted molar refractivity (Wildman–Crippen MR) is 169 cm³/mol. The van der Waals surface area contributed by atoms with E-state index in [0.717, 1.165) is 17.7 Å². The van der Waals surface area contributed by atoms with E-state index in [0.29, 0.717) is 70.8 Å². The summed E-state index contributed by atoms with van der Waals surface area (Å²) >= 11 is 0. The summed E-state index contributed by atoms with van der Waals surface area (Å²) in [5.41, 5.74) is 4.78. The fourth-order valence-corrected chi connectivity index (χ4v) is 6.33. The van der Waals surface area contributed by atoms with Gasteiger partial charge in [0.15, 0.2) is 17.3 Å². The number of ether oxygens (including phenoxy) is 7. The highest BCUT2D eigenvalue weighted by molar-refractivity contribution is 6.15. The first kappa shape index (κ1) is 29.3. The molecule has 0 aliphatic carbocycles. The van der Waals surface area contributed by atoms with Crippen molar-refractivity contribution in [1.82, 2.24) is 0 Å². The van der Waals surface area contributed by atoms with Crippen LogP contribution in [0.1, 0.15) is 50.5 Å². The van der Waals surface area contributed by atoms with Crippen molar-refractivity contribution in [2.75, 3.05) is 34.5 Å². The number of carbonyl (C=O) groups excluding carboxylic acids is 2. The molecular weight excluding hydrogens is 588 g/mol. The Kier molecular flexibility index (Phi) is 7.74. The van der Waals surface area contributed by atoms with Crippen molar-refractivity contribution in [2.24, 2.45) is 0 Å². The van der Waals surface area contributed by atoms with Crippen molar-refractivity contribution in [3.8, 4) is 40.2 Å². The van der Waals surface area contributed by atoms with Crippen LogP contribution >= 0.6 is 0 Å². The average Bonchev–Trinajstić information content (AvgIpc) is 3.67. The molecule has 3 aliphatic rings. The summed E-state index contributed by atoms with van der Waals surface area (Å²) in [6.07, 6.45) is 3.31. The number of rotatable bonds is 9. The van der Waals surface area contributed by atoms with Gasteiger partial charge >= 0.3 is 5.97 Å². The maximum atomic E-state index is 13.7. The predicted octanol–water partition coefficient (Wildman–Crippen LogP) is 6.33. The fraction of sp³-hybridized carbons (Fsp3) is 0.243. The highest BCUT2D eigenvalue weighted by atomic mass is 16.5. The van der Waals surface area contributed by atoms with Crippen LogP contribution in [0.4, 0.5) is 0 Å². The van der Waals surface area contributed by atoms with Crippen molar-refractivity contribution in [3.63, 3.8) is 0 Å². The van der Waals surface area contributed by atoms with Gasteiger partial charge in [-0.25, -0.2) is 0 Å². The van der Waals surface area contributed by atoms with Gasteiger partial charge in [-0.1, -0.05) is 30.3 Å². The highest BCUT2D eigenvalue weighted by Gasteiger charge is 2.39. The zero-order valence-corrected chi connectivity index (χ0v) is 25.7. The number of para-hydroxylation sites is 1. The molecule has 0 amide bonds. The van der Waals surface area contributed by atoms with Crippen LogP contribution in [0.15, 0.2) is 72.5 Å². The topological polar surface area (TPSA) is 98.8 Å². The minimum absolute atomic E-state index is 0.0642. The van der Waals surface area contributed by atoms with E-state index in [4.69, 9.17) is 33.2 Å². The number of ketones is 1. The fourth-order valence-electron chi connectivity index (χ4n) is 6.33. The number of hydrogen-bond donors (Lipinski definition) is 0. The zero-order chi connectivity index (χ0) is 31.8. The summed E-state index contributed by atoms with van der Waals surface area (Å²) in [5, 5.41) is 0. The van der Waals surface area contributed by atoms with Crippen LogP contribution in [0.3, 0.4) is 0 Å². The first-order valence-corrected chi connectivity index (χ1v) is 15.1. The molecule has 3 heterocycles. The summed E-state index contributed by atoms with van der Waals surface area (Å²) in [4.78, 5) is 26.5. The molecule has 0 aromatic heterocycles. The second-order valence-corrected chi connectivity index (χ2v) is 11.1. The van der Waals surface area contributed by atoms with Crippen LogP contribution in [-0.4, -0.2) is 46.3 Å². The van der Waals surface area contributed by atoms with Gasteiger partial charge in [0.25, 0.3) is 0 Å². The highest BCUT2D eigenvalue weighted by Crippen LogP contribution is 2.51. The van der Waals surface area contributed by atoms with Crippen LogP contribution in [0.5, 0.6) is 40.2 Å². The van der Waals surface area contributed by atoms with Crippen LogP contribution < -0.4 is 33.2 Å². The standard InChI is InChI=1S/C37H32O9/c1-40-30-12-9-23(35(41-2)37(30)42-3)19-31-34(39)25-10-13-29-33(36(25)46-31)26(20-32(38)45-29)24-6-4-5-7-28(24)44-16-14-21-8-11-27-22(18-21)15-17-43-27/h4-13,18-19,26H,14-17,20H2,1-3H3. The van der Waals surface area contributed by atoms with Crippen molar-refractivity contribution >= 4 is 17.8 Å². The van der Waals surface area contributed by atoms with Crippen molar-refractivity contribution < 1.29 is 42.7 Å². The molecule has 0 radical (unpaired) electrons. The van der Waals surface area contributed by atoms with E-state index in [1.54, 1.807) is 30.3 Å². The van der Waals surface area contributed by atoms with Gasteiger partial charge in [0.1, 0.15) is 23.0 Å². The van der Waals surface area contributed by atoms with Gasteiger partial charge < -0.3 is 33.2 Å². The van der Waals surface area contributed by atoms with E-state index in [2.05, 4.69) is 12.1 Å². The van der Waals surface area contributed by atoms with Gasteiger partial charge in [-0.3, -0.25) is 9.59 Å². The number of methoxy groups -OCH3 is 3. The normalized spacial score (nSPS) is 16.9. The van der Waals surface area contributed by atoms with Gasteiger partial charge in [0.2, 0.25) is 11.5 Å². The smallest absolute Gasteiger partial charge is 0.312 e. The first-order valence-electron chi connectivity index (χ1n) is 15.1. The summed E-state index contributed by atoms with van der Waals surface area (Å²) in [7, 11) is 4.57. The lowest BCUT2D eigenvalue weighted by molar-refractivity contribution is -0.135. The molecule has 9 nitrogen and oxygen atoms in total. The van der Waals surface area contributed by atoms with Gasteiger partial charge in [0, 0.05) is 35.4 Å². The third-order valence-corrected chi connectivity index (χ3v) is 8.50. The Morgan fingerprint density at radius 2 is 1.67 bits per heavy atom. The molecule has 3 aliphatic heterocycles. The number of allylic oxidation sites excluding steroid dienone is 1. The lowest BCUT2D eigenvalue weighted by Crippen LogP contribution is -2.22. The van der Waals surface area contributed by atoms with E-state index in [-0.39, 0.29) is 23.9 Å². The molecule has 7 rings (SSSR count). The van der Waals surface area contributed by atoms with Crippen LogP contribution in [-0.2, 0) is 17.6 Å². The monoisotopic (exact) mass is 620 g/mol. The summed E-state index contributed by atoms with van der Waals surface area (Å²) in [5.74, 6) is 2.59. The summed E-state index contributed by atoms with van der Waals surface area (Å²) < 4.78 is 40.4. The van der Waals surface area contributed by atoms with E-state index in [1.165, 1.54) is 32.5 Å². The minimum Gasteiger partial charge on any atom is -0.493 e. The molecule has 4 aromatic carbocycles. The maximum Gasteiger partial charge on any atom is 0.312 e. The molecule has 9 heteroatoms. The Morgan fingerprint density at radius 3 is 2.50 bits per heavy atom. The van der Waals surface area contributed by atoms with E-state index in [1.807, 2.05) is 30.3 Å². The van der Waals surface area contributed by atoms with Crippen molar-refractivity contribution in [3.05, 3.63) is 106 Å². The maximum absolute atomic E-state index is 13.7. The molecular formula is C37H32O9. The van der Waals surface area contributed by atoms with Gasteiger partial charge in [-0.15, -0.1) is 0 Å². The van der Waals surface area contributed by atoms with E-state index in [9.17, 15) is 9.59 Å². The molecule has 46 heavy (non-hydrogen) atoms. The third-order valence-electron chi connectivity index (χ3n) is 8.50. The number of carbonyl (C=O) groups is 2. The Balaban J connectivity index is 1.20. The average molecular weight is 621 g/mol. The SMILES string of the molecule is COc1ccc(C=C2Oc3c(ccc4c3C(c3ccccc3OCCc3ccc5c(c3)CCO5)CC(=O)O4)C2=O)c(OC)c1OC. The van der Waals surface area contributed by atoms with Crippen molar-refractivity contribution in [1.29, 1.82) is 0 Å². The molecule has 1 unspecified atom stereocenters. The van der Waals surface area contributed by atoms with Gasteiger partial charge in [-0.2, -0.15) is 0 Å². The number of esters is 1. The Morgan fingerprint density at radius 1 is 0.848 bits per heavy atom. The van der Waals surface area contributed by atoms with E-state index >= 15 is 0 Å². The van der Waals surface area contributed by atoms with Gasteiger partial charge in [0.05, 0.1) is 46.5 Å². The summed E-state index contributed by atoms with van der Waals surface area (Å²) in [6, 6.07) is 20.7. The Bertz CT molecular complexity index is 1890. The molecule has 1 atom stereocenters. The van der Waals surface area contributed by atoms with Crippen LogP contribution in [0, 0.1) is 0 Å². The number of benzene rings is 4. The number of fused-ring (bicyclic) bond motifs is 4.